The number of imide groups is 1. The second-order valence-corrected chi connectivity index (χ2v) is 6.44. The molecule has 1 aromatic rings. The van der Waals surface area contributed by atoms with Gasteiger partial charge in [-0.05, 0) is 48.9 Å². The summed E-state index contributed by atoms with van der Waals surface area (Å²) < 4.78 is 1.12. The Balaban J connectivity index is 1.64. The molecule has 1 aliphatic heterocycles. The number of aryl methyl sites for hydroxylation is 1. The lowest BCUT2D eigenvalue weighted by Gasteiger charge is -2.30. The van der Waals surface area contributed by atoms with E-state index in [4.69, 9.17) is 0 Å². The van der Waals surface area contributed by atoms with E-state index >= 15 is 0 Å². The smallest absolute Gasteiger partial charge is 0.243 e. The van der Waals surface area contributed by atoms with Crippen molar-refractivity contribution in [3.05, 3.63) is 33.8 Å². The minimum absolute atomic E-state index is 0.160. The molecule has 2 atom stereocenters. The Bertz CT molecular complexity index is 559. The quantitative estimate of drug-likeness (QED) is 0.808. The summed E-state index contributed by atoms with van der Waals surface area (Å²) in [5.74, 6) is -0.338. The first-order valence-corrected chi connectivity index (χ1v) is 7.78. The van der Waals surface area contributed by atoms with Crippen LogP contribution in [0.2, 0.25) is 0 Å². The number of halogens is 1. The number of hydrogen-bond donors (Lipinski definition) is 2. The van der Waals surface area contributed by atoms with E-state index in [-0.39, 0.29) is 17.9 Å². The summed E-state index contributed by atoms with van der Waals surface area (Å²) in [7, 11) is 0. The summed E-state index contributed by atoms with van der Waals surface area (Å²) in [5.41, 5.74) is 2.74. The largest absolute Gasteiger partial charge is 0.303 e. The van der Waals surface area contributed by atoms with Gasteiger partial charge in [0.2, 0.25) is 11.8 Å². The van der Waals surface area contributed by atoms with Gasteiger partial charge in [-0.15, -0.1) is 0 Å². The predicted octanol–water partition coefficient (Wildman–Crippen LogP) is 1.70. The minimum atomic E-state index is -0.227. The van der Waals surface area contributed by atoms with E-state index in [1.807, 2.05) is 0 Å². The van der Waals surface area contributed by atoms with E-state index in [0.29, 0.717) is 18.9 Å². The lowest BCUT2D eigenvalue weighted by atomic mass is 9.87. The van der Waals surface area contributed by atoms with E-state index < -0.39 is 0 Å². The fourth-order valence-corrected chi connectivity index (χ4v) is 3.41. The Hall–Kier alpha value is -1.20. The van der Waals surface area contributed by atoms with Crippen molar-refractivity contribution in [1.82, 2.24) is 10.6 Å². The number of piperidine rings is 1. The molecule has 1 heterocycles. The van der Waals surface area contributed by atoms with E-state index in [0.717, 1.165) is 23.7 Å². The zero-order valence-electron chi connectivity index (χ0n) is 11.1. The number of amides is 2. The van der Waals surface area contributed by atoms with Crippen LogP contribution in [0.15, 0.2) is 22.7 Å². The number of rotatable bonds is 2. The average molecular weight is 337 g/mol. The normalized spacial score (nSPS) is 26.1. The molecule has 0 saturated carbocycles. The van der Waals surface area contributed by atoms with Gasteiger partial charge in [0.25, 0.3) is 0 Å². The SMILES string of the molecule is O=C1CCC(NC2CCc3cc(Br)ccc3C2)C(=O)N1. The maximum absolute atomic E-state index is 11.8. The van der Waals surface area contributed by atoms with Gasteiger partial charge in [0.1, 0.15) is 0 Å². The minimum Gasteiger partial charge on any atom is -0.303 e. The van der Waals surface area contributed by atoms with Crippen LogP contribution < -0.4 is 10.6 Å². The first kappa shape index (κ1) is 13.8. The molecule has 20 heavy (non-hydrogen) atoms. The van der Waals surface area contributed by atoms with Crippen LogP contribution in [-0.2, 0) is 22.4 Å². The lowest BCUT2D eigenvalue weighted by Crippen LogP contribution is -2.54. The summed E-state index contributed by atoms with van der Waals surface area (Å²) in [6.45, 7) is 0. The molecule has 1 fully saturated rings. The highest BCUT2D eigenvalue weighted by Crippen LogP contribution is 2.25. The van der Waals surface area contributed by atoms with Crippen LogP contribution in [0, 0.1) is 0 Å². The molecule has 0 radical (unpaired) electrons. The van der Waals surface area contributed by atoms with Crippen LogP contribution in [0.25, 0.3) is 0 Å². The van der Waals surface area contributed by atoms with Gasteiger partial charge in [0.05, 0.1) is 6.04 Å². The zero-order chi connectivity index (χ0) is 14.1. The highest BCUT2D eigenvalue weighted by molar-refractivity contribution is 9.10. The van der Waals surface area contributed by atoms with Crippen molar-refractivity contribution in [2.45, 2.75) is 44.2 Å². The van der Waals surface area contributed by atoms with Gasteiger partial charge in [-0.2, -0.15) is 0 Å². The summed E-state index contributed by atoms with van der Waals surface area (Å²) in [6, 6.07) is 6.48. The van der Waals surface area contributed by atoms with E-state index in [2.05, 4.69) is 44.8 Å². The molecule has 3 rings (SSSR count). The monoisotopic (exact) mass is 336 g/mol. The fourth-order valence-electron chi connectivity index (χ4n) is 3.00. The van der Waals surface area contributed by atoms with Crippen molar-refractivity contribution in [2.24, 2.45) is 0 Å². The van der Waals surface area contributed by atoms with Crippen molar-refractivity contribution in [3.63, 3.8) is 0 Å². The molecule has 1 aliphatic carbocycles. The zero-order valence-corrected chi connectivity index (χ0v) is 12.7. The number of fused-ring (bicyclic) bond motifs is 1. The number of hydrogen-bond acceptors (Lipinski definition) is 3. The van der Waals surface area contributed by atoms with Crippen molar-refractivity contribution in [3.8, 4) is 0 Å². The Morgan fingerprint density at radius 2 is 2.00 bits per heavy atom. The summed E-state index contributed by atoms with van der Waals surface area (Å²) in [5, 5.41) is 5.81. The Morgan fingerprint density at radius 3 is 2.80 bits per heavy atom. The Labute approximate surface area is 126 Å². The van der Waals surface area contributed by atoms with Gasteiger partial charge in [-0.25, -0.2) is 0 Å². The summed E-state index contributed by atoms with van der Waals surface area (Å²) in [6.07, 6.45) is 4.04. The van der Waals surface area contributed by atoms with Crippen LogP contribution in [0.5, 0.6) is 0 Å². The molecule has 2 unspecified atom stereocenters. The summed E-state index contributed by atoms with van der Waals surface area (Å²) >= 11 is 3.50. The third-order valence-electron chi connectivity index (χ3n) is 4.07. The molecule has 0 spiro atoms. The summed E-state index contributed by atoms with van der Waals surface area (Å²) in [4.78, 5) is 22.9. The van der Waals surface area contributed by atoms with Gasteiger partial charge in [-0.1, -0.05) is 22.0 Å². The van der Waals surface area contributed by atoms with Crippen molar-refractivity contribution >= 4 is 27.7 Å². The second-order valence-electron chi connectivity index (χ2n) is 5.52. The fraction of sp³-hybridized carbons (Fsp3) is 0.467. The van der Waals surface area contributed by atoms with Crippen LogP contribution in [-0.4, -0.2) is 23.9 Å². The number of carbonyl (C=O) groups excluding carboxylic acids is 2. The third kappa shape index (κ3) is 2.94. The molecule has 2 N–H and O–H groups in total. The molecule has 4 nitrogen and oxygen atoms in total. The second kappa shape index (κ2) is 5.66. The molecule has 1 saturated heterocycles. The number of nitrogens with one attached hydrogen (secondary N) is 2. The van der Waals surface area contributed by atoms with Gasteiger partial charge in [0.15, 0.2) is 0 Å². The molecular formula is C15H17BrN2O2. The van der Waals surface area contributed by atoms with Gasteiger partial charge >= 0.3 is 0 Å². The standard InChI is InChI=1S/C15H17BrN2O2/c16-11-3-1-10-8-12(4-2-9(10)7-11)17-13-5-6-14(19)18-15(13)20/h1,3,7,12-13,17H,2,4-6,8H2,(H,18,19,20). The maximum Gasteiger partial charge on any atom is 0.243 e. The van der Waals surface area contributed by atoms with Crippen LogP contribution in [0.4, 0.5) is 0 Å². The lowest BCUT2D eigenvalue weighted by molar-refractivity contribution is -0.134. The molecule has 0 bridgehead atoms. The molecule has 1 aromatic carbocycles. The van der Waals surface area contributed by atoms with Gasteiger partial charge in [-0.3, -0.25) is 14.9 Å². The molecule has 0 aromatic heterocycles. The van der Waals surface area contributed by atoms with Gasteiger partial charge in [0, 0.05) is 16.9 Å². The highest BCUT2D eigenvalue weighted by atomic mass is 79.9. The van der Waals surface area contributed by atoms with Crippen molar-refractivity contribution in [1.29, 1.82) is 0 Å². The first-order valence-electron chi connectivity index (χ1n) is 6.99. The molecule has 2 amide bonds. The van der Waals surface area contributed by atoms with Crippen LogP contribution >= 0.6 is 15.9 Å². The molecule has 5 heteroatoms. The Kier molecular flexibility index (Phi) is 3.89. The maximum atomic E-state index is 11.8. The number of carbonyl (C=O) groups is 2. The van der Waals surface area contributed by atoms with Crippen LogP contribution in [0.1, 0.15) is 30.4 Å². The van der Waals surface area contributed by atoms with Gasteiger partial charge < -0.3 is 5.32 Å². The van der Waals surface area contributed by atoms with Crippen molar-refractivity contribution in [2.75, 3.05) is 0 Å². The first-order chi connectivity index (χ1) is 9.61. The van der Waals surface area contributed by atoms with Crippen LogP contribution in [0.3, 0.4) is 0 Å². The molecule has 106 valence electrons. The van der Waals surface area contributed by atoms with Crippen molar-refractivity contribution < 1.29 is 9.59 Å². The highest BCUT2D eigenvalue weighted by Gasteiger charge is 2.29. The topological polar surface area (TPSA) is 58.2 Å². The third-order valence-corrected chi connectivity index (χ3v) is 4.57. The van der Waals surface area contributed by atoms with E-state index in [9.17, 15) is 9.59 Å². The Morgan fingerprint density at radius 1 is 1.15 bits per heavy atom. The molecular weight excluding hydrogens is 320 g/mol. The van der Waals surface area contributed by atoms with E-state index in [1.165, 1.54) is 11.1 Å². The average Bonchev–Trinajstić information content (AvgIpc) is 2.42. The van der Waals surface area contributed by atoms with E-state index in [1.54, 1.807) is 0 Å². The molecule has 2 aliphatic rings. The number of benzene rings is 1. The predicted molar refractivity (Wildman–Crippen MR) is 79.3 cm³/mol.